The first-order valence-corrected chi connectivity index (χ1v) is 9.36. The summed E-state index contributed by atoms with van der Waals surface area (Å²) in [5.41, 5.74) is 1.91. The average Bonchev–Trinajstić information content (AvgIpc) is 3.21. The van der Waals surface area contributed by atoms with Crippen LogP contribution in [0.5, 0.6) is 0 Å². The van der Waals surface area contributed by atoms with Crippen LogP contribution in [-0.4, -0.2) is 58.1 Å². The zero-order valence-corrected chi connectivity index (χ0v) is 15.8. The van der Waals surface area contributed by atoms with E-state index in [1.807, 2.05) is 6.07 Å². The lowest BCUT2D eigenvalue weighted by atomic mass is 10.2. The molecule has 25 heavy (non-hydrogen) atoms. The Morgan fingerprint density at radius 1 is 1.16 bits per heavy atom. The van der Waals surface area contributed by atoms with Crippen LogP contribution in [0, 0.1) is 0 Å². The summed E-state index contributed by atoms with van der Waals surface area (Å²) in [7, 11) is 2.11. The van der Waals surface area contributed by atoms with Gasteiger partial charge in [0.25, 0.3) is 6.43 Å². The summed E-state index contributed by atoms with van der Waals surface area (Å²) in [4.78, 5) is 4.62. The summed E-state index contributed by atoms with van der Waals surface area (Å²) in [6.07, 6.45) is -0.862. The molecule has 0 saturated carbocycles. The highest BCUT2D eigenvalue weighted by Gasteiger charge is 2.21. The molecule has 0 unspecified atom stereocenters. The van der Waals surface area contributed by atoms with Crippen LogP contribution in [0.3, 0.4) is 0 Å². The van der Waals surface area contributed by atoms with E-state index >= 15 is 0 Å². The summed E-state index contributed by atoms with van der Waals surface area (Å²) in [5.74, 6) is 0. The smallest absolute Gasteiger partial charge is 0.291 e. The fourth-order valence-corrected chi connectivity index (χ4v) is 4.04. The molecule has 6 nitrogen and oxygen atoms in total. The van der Waals surface area contributed by atoms with Crippen molar-refractivity contribution < 1.29 is 8.78 Å². The van der Waals surface area contributed by atoms with Crippen molar-refractivity contribution >= 4 is 43.9 Å². The van der Waals surface area contributed by atoms with Gasteiger partial charge in [0, 0.05) is 41.7 Å². The second-order valence-corrected chi connectivity index (χ2v) is 7.83. The number of anilines is 1. The number of rotatable bonds is 3. The van der Waals surface area contributed by atoms with E-state index in [2.05, 4.69) is 54.1 Å². The van der Waals surface area contributed by atoms with Crippen molar-refractivity contribution in [1.29, 1.82) is 0 Å². The minimum atomic E-state index is -2.62. The van der Waals surface area contributed by atoms with E-state index in [1.54, 1.807) is 10.9 Å². The van der Waals surface area contributed by atoms with Crippen LogP contribution in [0.15, 0.2) is 22.8 Å². The van der Waals surface area contributed by atoms with Gasteiger partial charge in [-0.25, -0.2) is 13.5 Å². The van der Waals surface area contributed by atoms with Crippen LogP contribution in [0.2, 0.25) is 0 Å². The lowest BCUT2D eigenvalue weighted by Gasteiger charge is -2.34. The van der Waals surface area contributed by atoms with Gasteiger partial charge in [0.15, 0.2) is 5.01 Å². The number of fused-ring (bicyclic) bond motifs is 1. The number of nitrogens with zero attached hydrogens (tertiary/aromatic N) is 6. The van der Waals surface area contributed by atoms with E-state index in [9.17, 15) is 8.78 Å². The quantitative estimate of drug-likeness (QED) is 0.640. The number of alkyl halides is 2. The summed E-state index contributed by atoms with van der Waals surface area (Å²) >= 11 is 4.40. The molecule has 0 radical (unpaired) electrons. The third kappa shape index (κ3) is 3.13. The van der Waals surface area contributed by atoms with E-state index in [1.165, 1.54) is 0 Å². The van der Waals surface area contributed by atoms with Crippen molar-refractivity contribution in [3.63, 3.8) is 0 Å². The molecule has 2 aromatic heterocycles. The molecule has 4 rings (SSSR count). The van der Waals surface area contributed by atoms with Gasteiger partial charge in [-0.2, -0.15) is 5.10 Å². The minimum absolute atomic E-state index is 0.298. The highest BCUT2D eigenvalue weighted by molar-refractivity contribution is 9.10. The molecule has 1 fully saturated rings. The molecule has 1 aromatic carbocycles. The van der Waals surface area contributed by atoms with Crippen molar-refractivity contribution in [3.8, 4) is 5.13 Å². The van der Waals surface area contributed by atoms with E-state index in [-0.39, 0.29) is 5.01 Å². The lowest BCUT2D eigenvalue weighted by molar-refractivity contribution is 0.150. The Morgan fingerprint density at radius 2 is 1.92 bits per heavy atom. The Kier molecular flexibility index (Phi) is 4.42. The van der Waals surface area contributed by atoms with Crippen LogP contribution in [0.1, 0.15) is 11.4 Å². The molecule has 3 heterocycles. The molecule has 0 bridgehead atoms. The Hall–Kier alpha value is -1.65. The maximum absolute atomic E-state index is 12.8. The first-order chi connectivity index (χ1) is 12.0. The molecule has 1 aliphatic rings. The monoisotopic (exact) mass is 428 g/mol. The largest absolute Gasteiger partial charge is 0.368 e. The van der Waals surface area contributed by atoms with Crippen molar-refractivity contribution in [2.75, 3.05) is 38.1 Å². The normalized spacial score (nSPS) is 16.3. The Labute approximate surface area is 155 Å². The van der Waals surface area contributed by atoms with Gasteiger partial charge < -0.3 is 9.80 Å². The summed E-state index contributed by atoms with van der Waals surface area (Å²) in [6.45, 7) is 3.86. The van der Waals surface area contributed by atoms with Crippen LogP contribution in [0.4, 0.5) is 14.5 Å². The van der Waals surface area contributed by atoms with Gasteiger partial charge in [-0.3, -0.25) is 0 Å². The van der Waals surface area contributed by atoms with Gasteiger partial charge in [-0.1, -0.05) is 27.3 Å². The number of halogens is 3. The Bertz CT molecular complexity index is 903. The zero-order chi connectivity index (χ0) is 17.6. The van der Waals surface area contributed by atoms with Gasteiger partial charge >= 0.3 is 0 Å². The van der Waals surface area contributed by atoms with Gasteiger partial charge in [-0.05, 0) is 19.2 Å². The molecule has 3 aromatic rings. The second kappa shape index (κ2) is 6.58. The molecule has 0 N–H and O–H groups in total. The third-order valence-electron chi connectivity index (χ3n) is 4.27. The molecule has 132 valence electrons. The lowest BCUT2D eigenvalue weighted by Crippen LogP contribution is -2.44. The molecule has 1 saturated heterocycles. The minimum Gasteiger partial charge on any atom is -0.368 e. The fraction of sp³-hybridized carbons (Fsp3) is 0.400. The first kappa shape index (κ1) is 16.8. The molecule has 1 aliphatic heterocycles. The Morgan fingerprint density at radius 3 is 2.60 bits per heavy atom. The highest BCUT2D eigenvalue weighted by atomic mass is 79.9. The van der Waals surface area contributed by atoms with Crippen LogP contribution >= 0.6 is 27.3 Å². The molecule has 0 spiro atoms. The number of aromatic nitrogens is 4. The SMILES string of the molecule is CN1CCN(c2cc(Br)cc3c2cnn3-c2nnc(C(F)F)s2)CC1. The van der Waals surface area contributed by atoms with E-state index < -0.39 is 6.43 Å². The van der Waals surface area contributed by atoms with E-state index in [4.69, 9.17) is 0 Å². The molecule has 10 heteroatoms. The van der Waals surface area contributed by atoms with Crippen molar-refractivity contribution in [2.24, 2.45) is 0 Å². The number of likely N-dealkylation sites (N-methyl/N-ethyl adjacent to an activating group) is 1. The molecule has 0 aliphatic carbocycles. The van der Waals surface area contributed by atoms with Gasteiger partial charge in [0.1, 0.15) is 0 Å². The van der Waals surface area contributed by atoms with Gasteiger partial charge in [-0.15, -0.1) is 10.2 Å². The number of hydrogen-bond donors (Lipinski definition) is 0. The van der Waals surface area contributed by atoms with E-state index in [0.717, 1.165) is 58.6 Å². The predicted octanol–water partition coefficient (Wildman–Crippen LogP) is 3.33. The number of piperazine rings is 1. The topological polar surface area (TPSA) is 50.1 Å². The highest BCUT2D eigenvalue weighted by Crippen LogP contribution is 2.34. The molecule has 0 amide bonds. The molecule has 0 atom stereocenters. The van der Waals surface area contributed by atoms with Crippen molar-refractivity contribution in [2.45, 2.75) is 6.43 Å². The number of benzene rings is 1. The maximum Gasteiger partial charge on any atom is 0.291 e. The van der Waals surface area contributed by atoms with Gasteiger partial charge in [0.05, 0.1) is 11.7 Å². The Balaban J connectivity index is 1.78. The summed E-state index contributed by atoms with van der Waals surface area (Å²) in [6, 6.07) is 4.00. The average molecular weight is 429 g/mol. The third-order valence-corrected chi connectivity index (χ3v) is 5.64. The summed E-state index contributed by atoms with van der Waals surface area (Å²) < 4.78 is 28.1. The van der Waals surface area contributed by atoms with Crippen LogP contribution in [-0.2, 0) is 0 Å². The fourth-order valence-electron chi connectivity index (χ4n) is 2.94. The predicted molar refractivity (Wildman–Crippen MR) is 96.9 cm³/mol. The van der Waals surface area contributed by atoms with Crippen molar-refractivity contribution in [3.05, 3.63) is 27.8 Å². The number of hydrogen-bond acceptors (Lipinski definition) is 6. The van der Waals surface area contributed by atoms with Crippen LogP contribution in [0.25, 0.3) is 16.0 Å². The van der Waals surface area contributed by atoms with Crippen molar-refractivity contribution in [1.82, 2.24) is 24.9 Å². The van der Waals surface area contributed by atoms with E-state index in [0.29, 0.717) is 5.13 Å². The first-order valence-electron chi connectivity index (χ1n) is 7.75. The zero-order valence-electron chi connectivity index (χ0n) is 13.4. The summed E-state index contributed by atoms with van der Waals surface area (Å²) in [5, 5.41) is 12.8. The maximum atomic E-state index is 12.8. The molecular formula is C15H15BrF2N6S. The second-order valence-electron chi connectivity index (χ2n) is 5.93. The van der Waals surface area contributed by atoms with Crippen LogP contribution < -0.4 is 4.90 Å². The standard InChI is InChI=1S/C15H15BrF2N6S/c1-22-2-4-23(5-3-22)11-6-9(16)7-12-10(11)8-19-24(12)15-21-20-14(25-15)13(17)18/h6-8,13H,2-5H2,1H3. The molecular weight excluding hydrogens is 414 g/mol. The van der Waals surface area contributed by atoms with Gasteiger partial charge in [0.2, 0.25) is 5.13 Å².